The van der Waals surface area contributed by atoms with Crippen molar-refractivity contribution in [1.82, 2.24) is 10.3 Å². The number of esters is 1. The first-order chi connectivity index (χ1) is 11.1. The predicted octanol–water partition coefficient (Wildman–Crippen LogP) is 2.91. The van der Waals surface area contributed by atoms with Gasteiger partial charge < -0.3 is 10.1 Å². The second-order valence-corrected chi connectivity index (χ2v) is 6.55. The third-order valence-corrected chi connectivity index (χ3v) is 4.28. The van der Waals surface area contributed by atoms with E-state index in [1.54, 1.807) is 30.1 Å². The van der Waals surface area contributed by atoms with Gasteiger partial charge in [-0.2, -0.15) is 0 Å². The largest absolute Gasteiger partial charge is 0.452 e. The van der Waals surface area contributed by atoms with Crippen molar-refractivity contribution in [2.24, 2.45) is 0 Å². The van der Waals surface area contributed by atoms with Crippen LogP contribution >= 0.6 is 27.7 Å². The highest BCUT2D eigenvalue weighted by atomic mass is 79.9. The van der Waals surface area contributed by atoms with Crippen molar-refractivity contribution in [3.63, 3.8) is 0 Å². The molecule has 0 saturated heterocycles. The molecule has 0 aliphatic heterocycles. The fraction of sp³-hybridized carbons (Fsp3) is 0.188. The molecule has 0 bridgehead atoms. The lowest BCUT2D eigenvalue weighted by molar-refractivity contribution is -0.124. The van der Waals surface area contributed by atoms with Crippen LogP contribution in [-0.2, 0) is 9.53 Å². The molecule has 120 valence electrons. The van der Waals surface area contributed by atoms with Gasteiger partial charge in [0.1, 0.15) is 0 Å². The molecule has 1 heterocycles. The first-order valence-electron chi connectivity index (χ1n) is 6.87. The molecule has 0 spiro atoms. The number of carbonyl (C=O) groups excluding carboxylic acids is 2. The van der Waals surface area contributed by atoms with E-state index in [1.165, 1.54) is 6.20 Å². The minimum absolute atomic E-state index is 0.295. The molecular formula is C16H15BrN2O3S. The van der Waals surface area contributed by atoms with Crippen molar-refractivity contribution in [2.75, 3.05) is 18.9 Å². The van der Waals surface area contributed by atoms with Gasteiger partial charge in [-0.05, 0) is 36.4 Å². The van der Waals surface area contributed by atoms with Gasteiger partial charge in [-0.3, -0.25) is 9.78 Å². The molecule has 2 rings (SSSR count). The monoisotopic (exact) mass is 394 g/mol. The van der Waals surface area contributed by atoms with Gasteiger partial charge in [0.05, 0.1) is 5.56 Å². The molecule has 0 aliphatic carbocycles. The molecule has 0 aliphatic rings. The van der Waals surface area contributed by atoms with E-state index in [2.05, 4.69) is 26.2 Å². The maximum Gasteiger partial charge on any atom is 0.340 e. The second kappa shape index (κ2) is 9.32. The number of ether oxygens (including phenoxy) is 1. The Bertz CT molecular complexity index is 650. The van der Waals surface area contributed by atoms with Crippen LogP contribution in [0.1, 0.15) is 10.4 Å². The zero-order chi connectivity index (χ0) is 16.5. The van der Waals surface area contributed by atoms with Crippen LogP contribution in [-0.4, -0.2) is 35.8 Å². The van der Waals surface area contributed by atoms with Gasteiger partial charge in [0.2, 0.25) is 0 Å². The van der Waals surface area contributed by atoms with Gasteiger partial charge in [-0.15, -0.1) is 11.8 Å². The van der Waals surface area contributed by atoms with Crippen molar-refractivity contribution >= 4 is 39.6 Å². The van der Waals surface area contributed by atoms with E-state index in [-0.39, 0.29) is 12.5 Å². The van der Waals surface area contributed by atoms with E-state index >= 15 is 0 Å². The maximum atomic E-state index is 11.6. The van der Waals surface area contributed by atoms with E-state index in [0.29, 0.717) is 12.1 Å². The third kappa shape index (κ3) is 6.42. The third-order valence-electron chi connectivity index (χ3n) is 2.74. The molecule has 23 heavy (non-hydrogen) atoms. The Morgan fingerprint density at radius 3 is 2.70 bits per heavy atom. The average molecular weight is 395 g/mol. The number of pyridine rings is 1. The summed E-state index contributed by atoms with van der Waals surface area (Å²) in [5.41, 5.74) is 0.325. The van der Waals surface area contributed by atoms with Gasteiger partial charge in [-0.25, -0.2) is 4.79 Å². The van der Waals surface area contributed by atoms with Crippen LogP contribution in [0, 0.1) is 0 Å². The summed E-state index contributed by atoms with van der Waals surface area (Å²) in [4.78, 5) is 28.2. The van der Waals surface area contributed by atoms with Crippen LogP contribution in [0.25, 0.3) is 0 Å². The second-order valence-electron chi connectivity index (χ2n) is 4.47. The predicted molar refractivity (Wildman–Crippen MR) is 92.4 cm³/mol. The van der Waals surface area contributed by atoms with Crippen LogP contribution in [0.15, 0.2) is 58.2 Å². The molecule has 0 atom stereocenters. The molecule has 1 N–H and O–H groups in total. The Kier molecular flexibility index (Phi) is 7.09. The van der Waals surface area contributed by atoms with Crippen LogP contribution in [0.2, 0.25) is 0 Å². The number of nitrogens with zero attached hydrogens (tertiary/aromatic N) is 1. The Hall–Kier alpha value is -1.86. The lowest BCUT2D eigenvalue weighted by Crippen LogP contribution is -2.30. The normalized spacial score (nSPS) is 10.1. The molecule has 0 saturated carbocycles. The number of benzene rings is 1. The average Bonchev–Trinajstić information content (AvgIpc) is 2.59. The number of amides is 1. The summed E-state index contributed by atoms with van der Waals surface area (Å²) in [5.74, 6) is -0.139. The van der Waals surface area contributed by atoms with Crippen LogP contribution in [0.3, 0.4) is 0 Å². The lowest BCUT2D eigenvalue weighted by Gasteiger charge is -2.06. The van der Waals surface area contributed by atoms with Crippen LogP contribution in [0.4, 0.5) is 0 Å². The van der Waals surface area contributed by atoms with Crippen LogP contribution < -0.4 is 5.32 Å². The number of aromatic nitrogens is 1. The first-order valence-corrected chi connectivity index (χ1v) is 8.65. The minimum Gasteiger partial charge on any atom is -0.452 e. The fourth-order valence-electron chi connectivity index (χ4n) is 1.64. The summed E-state index contributed by atoms with van der Waals surface area (Å²) < 4.78 is 5.95. The van der Waals surface area contributed by atoms with Gasteiger partial charge >= 0.3 is 5.97 Å². The molecule has 1 aromatic heterocycles. The summed E-state index contributed by atoms with van der Waals surface area (Å²) in [6, 6.07) is 11.2. The number of hydrogen-bond donors (Lipinski definition) is 1. The zero-order valence-corrected chi connectivity index (χ0v) is 14.6. The molecule has 1 aromatic carbocycles. The van der Waals surface area contributed by atoms with E-state index in [9.17, 15) is 9.59 Å². The molecule has 5 nitrogen and oxygen atoms in total. The van der Waals surface area contributed by atoms with Crippen molar-refractivity contribution in [2.45, 2.75) is 4.90 Å². The van der Waals surface area contributed by atoms with E-state index in [4.69, 9.17) is 4.74 Å². The van der Waals surface area contributed by atoms with Crippen molar-refractivity contribution in [1.29, 1.82) is 0 Å². The van der Waals surface area contributed by atoms with E-state index < -0.39 is 5.97 Å². The molecule has 1 amide bonds. The number of halogens is 1. The Morgan fingerprint density at radius 1 is 1.22 bits per heavy atom. The van der Waals surface area contributed by atoms with E-state index in [0.717, 1.165) is 15.1 Å². The zero-order valence-electron chi connectivity index (χ0n) is 12.2. The quantitative estimate of drug-likeness (QED) is 0.444. The molecule has 2 aromatic rings. The van der Waals surface area contributed by atoms with Gasteiger partial charge in [0.25, 0.3) is 5.91 Å². The van der Waals surface area contributed by atoms with Crippen LogP contribution in [0.5, 0.6) is 0 Å². The standard InChI is InChI=1S/C16H15BrN2O3S/c17-13-3-5-14(6-4-13)23-9-8-19-15(20)11-22-16(21)12-2-1-7-18-10-12/h1-7,10H,8-9,11H2,(H,19,20). The molecule has 0 unspecified atom stereocenters. The maximum absolute atomic E-state index is 11.6. The van der Waals surface area contributed by atoms with Gasteiger partial charge in [0, 0.05) is 34.1 Å². The minimum atomic E-state index is -0.558. The molecule has 0 fully saturated rings. The topological polar surface area (TPSA) is 68.3 Å². The molecule has 0 radical (unpaired) electrons. The highest BCUT2D eigenvalue weighted by molar-refractivity contribution is 9.10. The van der Waals surface area contributed by atoms with Crippen molar-refractivity contribution in [3.05, 3.63) is 58.8 Å². The van der Waals surface area contributed by atoms with Gasteiger partial charge in [-0.1, -0.05) is 15.9 Å². The molecular weight excluding hydrogens is 380 g/mol. The number of rotatable bonds is 7. The van der Waals surface area contributed by atoms with E-state index in [1.807, 2.05) is 24.3 Å². The fourth-order valence-corrected chi connectivity index (χ4v) is 2.67. The number of nitrogens with one attached hydrogen (secondary N) is 1. The Labute approximate surface area is 147 Å². The first kappa shape index (κ1) is 17.5. The Morgan fingerprint density at radius 2 is 2.00 bits per heavy atom. The molecule has 7 heteroatoms. The summed E-state index contributed by atoms with van der Waals surface area (Å²) in [6.45, 7) is 0.209. The number of carbonyl (C=O) groups is 2. The summed E-state index contributed by atoms with van der Waals surface area (Å²) in [5, 5.41) is 2.71. The smallest absolute Gasteiger partial charge is 0.340 e. The summed E-state index contributed by atoms with van der Waals surface area (Å²) in [6.07, 6.45) is 2.96. The van der Waals surface area contributed by atoms with Crippen molar-refractivity contribution in [3.8, 4) is 0 Å². The van der Waals surface area contributed by atoms with Gasteiger partial charge in [0.15, 0.2) is 6.61 Å². The summed E-state index contributed by atoms with van der Waals surface area (Å²) >= 11 is 5.02. The van der Waals surface area contributed by atoms with Crippen molar-refractivity contribution < 1.29 is 14.3 Å². The summed E-state index contributed by atoms with van der Waals surface area (Å²) in [7, 11) is 0. The Balaban J connectivity index is 1.62. The number of thioether (sulfide) groups is 1. The highest BCUT2D eigenvalue weighted by Crippen LogP contribution is 2.19. The lowest BCUT2D eigenvalue weighted by atomic mass is 10.3. The number of hydrogen-bond acceptors (Lipinski definition) is 5. The highest BCUT2D eigenvalue weighted by Gasteiger charge is 2.09. The SMILES string of the molecule is O=C(COC(=O)c1cccnc1)NCCSc1ccc(Br)cc1.